The summed E-state index contributed by atoms with van der Waals surface area (Å²) < 4.78 is 2.94. The third-order valence-electron chi connectivity index (χ3n) is 6.23. The molecule has 2 amide bonds. The second-order valence-electron chi connectivity index (χ2n) is 8.70. The van der Waals surface area contributed by atoms with E-state index < -0.39 is 0 Å². The smallest absolute Gasteiger partial charge is 0.341 e. The number of aromatic nitrogens is 2. The van der Waals surface area contributed by atoms with E-state index in [9.17, 15) is 19.2 Å². The van der Waals surface area contributed by atoms with Crippen molar-refractivity contribution in [3.8, 4) is 0 Å². The fourth-order valence-corrected chi connectivity index (χ4v) is 5.25. The molecule has 8 nitrogen and oxygen atoms in total. The molecule has 9 heteroatoms. The first-order chi connectivity index (χ1) is 16.0. The Bertz CT molecular complexity index is 1020. The van der Waals surface area contributed by atoms with E-state index in [0.717, 1.165) is 68.5 Å². The molecule has 1 aromatic carbocycles. The van der Waals surface area contributed by atoms with Gasteiger partial charge in [0, 0.05) is 43.5 Å². The third kappa shape index (κ3) is 7.42. The molecule has 0 bridgehead atoms. The zero-order chi connectivity index (χ0) is 23.6. The van der Waals surface area contributed by atoms with Crippen LogP contribution in [0.25, 0.3) is 0 Å². The lowest BCUT2D eigenvalue weighted by atomic mass is 9.91. The van der Waals surface area contributed by atoms with E-state index >= 15 is 0 Å². The van der Waals surface area contributed by atoms with Crippen molar-refractivity contribution in [2.24, 2.45) is 0 Å². The van der Waals surface area contributed by atoms with Crippen LogP contribution in [0.15, 0.2) is 39.9 Å². The number of rotatable bonds is 11. The minimum atomic E-state index is -0.238. The van der Waals surface area contributed by atoms with Crippen molar-refractivity contribution >= 4 is 23.3 Å². The maximum Gasteiger partial charge on any atom is 0.341 e. The summed E-state index contributed by atoms with van der Waals surface area (Å²) in [5.74, 6) is 0.131. The summed E-state index contributed by atoms with van der Waals surface area (Å²) in [5, 5.41) is 5.73. The van der Waals surface area contributed by atoms with Gasteiger partial charge in [0.1, 0.15) is 0 Å². The predicted octanol–water partition coefficient (Wildman–Crippen LogP) is 2.81. The lowest BCUT2D eigenvalue weighted by Crippen LogP contribution is -2.39. The number of carbonyl (C=O) groups excluding carboxylic acids is 2. The summed E-state index contributed by atoms with van der Waals surface area (Å²) in [7, 11) is 1.64. The van der Waals surface area contributed by atoms with Crippen LogP contribution in [0, 0.1) is 0 Å². The molecule has 3 rings (SSSR count). The van der Waals surface area contributed by atoms with Gasteiger partial charge < -0.3 is 10.6 Å². The predicted molar refractivity (Wildman–Crippen MR) is 130 cm³/mol. The summed E-state index contributed by atoms with van der Waals surface area (Å²) in [6.45, 7) is 0.291. The first-order valence-corrected chi connectivity index (χ1v) is 12.6. The van der Waals surface area contributed by atoms with Gasteiger partial charge in [-0.3, -0.25) is 14.4 Å². The van der Waals surface area contributed by atoms with Crippen LogP contribution in [-0.2, 0) is 16.1 Å². The van der Waals surface area contributed by atoms with Crippen LogP contribution in [0.2, 0.25) is 0 Å². The molecule has 0 saturated heterocycles. The van der Waals surface area contributed by atoms with Crippen LogP contribution in [0.4, 0.5) is 0 Å². The summed E-state index contributed by atoms with van der Waals surface area (Å²) in [4.78, 5) is 48.5. The first kappa shape index (κ1) is 25.0. The fraction of sp³-hybridized carbons (Fsp3) is 0.583. The zero-order valence-corrected chi connectivity index (χ0v) is 20.1. The molecule has 0 unspecified atom stereocenters. The van der Waals surface area contributed by atoms with Gasteiger partial charge >= 0.3 is 10.6 Å². The van der Waals surface area contributed by atoms with Crippen molar-refractivity contribution in [1.29, 1.82) is 0 Å². The lowest BCUT2D eigenvalue weighted by Gasteiger charge is -2.28. The minimum Gasteiger partial charge on any atom is -0.359 e. The average molecular weight is 475 g/mol. The van der Waals surface area contributed by atoms with Gasteiger partial charge in [-0.25, -0.2) is 13.3 Å². The monoisotopic (exact) mass is 474 g/mol. The van der Waals surface area contributed by atoms with Crippen LogP contribution in [0.3, 0.4) is 0 Å². The Balaban J connectivity index is 1.40. The maximum absolute atomic E-state index is 12.8. The molecular weight excluding hydrogens is 440 g/mol. The van der Waals surface area contributed by atoms with Crippen molar-refractivity contribution in [2.75, 3.05) is 7.05 Å². The molecule has 0 radical (unpaired) electrons. The number of hydrogen-bond donors (Lipinski definition) is 2. The molecule has 1 aromatic heterocycles. The van der Waals surface area contributed by atoms with Crippen molar-refractivity contribution in [1.82, 2.24) is 19.2 Å². The molecule has 2 aromatic rings. The van der Waals surface area contributed by atoms with Crippen LogP contribution in [0.1, 0.15) is 75.8 Å². The fourth-order valence-electron chi connectivity index (χ4n) is 4.30. The van der Waals surface area contributed by atoms with Gasteiger partial charge in [-0.15, -0.1) is 0 Å². The average Bonchev–Trinajstić information content (AvgIpc) is 3.10. The molecule has 0 atom stereocenters. The Labute approximate surface area is 198 Å². The molecule has 33 heavy (non-hydrogen) atoms. The maximum atomic E-state index is 12.8. The van der Waals surface area contributed by atoms with E-state index in [4.69, 9.17) is 0 Å². The second kappa shape index (κ2) is 12.5. The van der Waals surface area contributed by atoms with Crippen molar-refractivity contribution in [3.05, 3.63) is 56.0 Å². The molecule has 0 aliphatic heterocycles. The number of nitrogens with one attached hydrogen (secondary N) is 2. The number of carbonyl (C=O) groups is 2. The zero-order valence-electron chi connectivity index (χ0n) is 19.3. The van der Waals surface area contributed by atoms with Gasteiger partial charge in [-0.2, -0.15) is 0 Å². The van der Waals surface area contributed by atoms with E-state index in [-0.39, 0.29) is 34.5 Å². The number of hydrogen-bond acceptors (Lipinski definition) is 5. The summed E-state index contributed by atoms with van der Waals surface area (Å²) in [6, 6.07) is 9.66. The highest BCUT2D eigenvalue weighted by Gasteiger charge is 2.26. The Morgan fingerprint density at radius 2 is 1.58 bits per heavy atom. The molecule has 0 spiro atoms. The van der Waals surface area contributed by atoms with Gasteiger partial charge in [0.15, 0.2) is 0 Å². The number of benzene rings is 1. The normalized spacial score (nSPS) is 18.1. The van der Waals surface area contributed by atoms with E-state index in [0.29, 0.717) is 19.4 Å². The Morgan fingerprint density at radius 1 is 0.939 bits per heavy atom. The molecule has 1 aliphatic rings. The van der Waals surface area contributed by atoms with E-state index in [2.05, 4.69) is 10.6 Å². The van der Waals surface area contributed by atoms with E-state index in [1.54, 1.807) is 11.0 Å². The van der Waals surface area contributed by atoms with Gasteiger partial charge in [-0.1, -0.05) is 43.2 Å². The quantitative estimate of drug-likeness (QED) is 0.489. The highest BCUT2D eigenvalue weighted by Crippen LogP contribution is 2.28. The van der Waals surface area contributed by atoms with E-state index in [1.807, 2.05) is 30.3 Å². The molecule has 1 fully saturated rings. The van der Waals surface area contributed by atoms with Crippen LogP contribution in [-0.4, -0.2) is 33.4 Å². The highest BCUT2D eigenvalue weighted by atomic mass is 32.1. The molecule has 1 saturated carbocycles. The molecule has 2 N–H and O–H groups in total. The van der Waals surface area contributed by atoms with Crippen molar-refractivity contribution in [2.45, 2.75) is 82.8 Å². The molecular formula is C24H34N4O4S. The minimum absolute atomic E-state index is 0.0145. The standard InChI is InChI=1S/C24H34N4O4S/c1-25-21(29)11-7-2-3-8-12-22(30)26-19-13-15-20(16-14-19)28-23(31)27(24(32)33-28)17-18-9-5-4-6-10-18/h4-6,9-10,19-20H,2-3,7-8,11-17H2,1H3,(H,25,29)(H,26,30). The summed E-state index contributed by atoms with van der Waals surface area (Å²) >= 11 is 1.00. The third-order valence-corrected chi connectivity index (χ3v) is 7.26. The molecule has 180 valence electrons. The van der Waals surface area contributed by atoms with Crippen molar-refractivity contribution in [3.63, 3.8) is 0 Å². The van der Waals surface area contributed by atoms with Crippen LogP contribution < -0.4 is 21.2 Å². The Morgan fingerprint density at radius 3 is 2.21 bits per heavy atom. The largest absolute Gasteiger partial charge is 0.359 e. The first-order valence-electron chi connectivity index (χ1n) is 11.8. The Hall–Kier alpha value is -2.68. The molecule has 1 heterocycles. The topological polar surface area (TPSA) is 102 Å². The number of amides is 2. The summed E-state index contributed by atoms with van der Waals surface area (Å²) in [5.41, 5.74) is 0.692. The second-order valence-corrected chi connectivity index (χ2v) is 9.62. The van der Waals surface area contributed by atoms with Crippen molar-refractivity contribution < 1.29 is 9.59 Å². The van der Waals surface area contributed by atoms with Gasteiger partial charge in [0.2, 0.25) is 11.8 Å². The lowest BCUT2D eigenvalue weighted by molar-refractivity contribution is -0.122. The Kier molecular flexibility index (Phi) is 9.47. The van der Waals surface area contributed by atoms with Crippen LogP contribution in [0.5, 0.6) is 0 Å². The van der Waals surface area contributed by atoms with Crippen LogP contribution >= 0.6 is 11.5 Å². The number of nitrogens with zero attached hydrogens (tertiary/aromatic N) is 2. The molecule has 1 aliphatic carbocycles. The SMILES string of the molecule is CNC(=O)CCCCCCC(=O)NC1CCC(n2sc(=O)n(Cc3ccccc3)c2=O)CC1. The number of unbranched alkanes of at least 4 members (excludes halogenated alkanes) is 3. The van der Waals surface area contributed by atoms with Gasteiger partial charge in [0.25, 0.3) is 0 Å². The van der Waals surface area contributed by atoms with Gasteiger partial charge in [-0.05, 0) is 44.1 Å². The van der Waals surface area contributed by atoms with E-state index in [1.165, 1.54) is 4.57 Å². The van der Waals surface area contributed by atoms with Gasteiger partial charge in [0.05, 0.1) is 6.54 Å². The summed E-state index contributed by atoms with van der Waals surface area (Å²) in [6.07, 6.45) is 7.77. The highest BCUT2D eigenvalue weighted by molar-refractivity contribution is 7.03.